The molecule has 0 aliphatic heterocycles. The number of halogens is 3. The van der Waals surface area contributed by atoms with Crippen molar-refractivity contribution in [1.82, 2.24) is 9.78 Å². The molecule has 2 heterocycles. The van der Waals surface area contributed by atoms with E-state index in [9.17, 15) is 18.0 Å². The summed E-state index contributed by atoms with van der Waals surface area (Å²) in [6.07, 6.45) is -2.97. The van der Waals surface area contributed by atoms with E-state index in [0.29, 0.717) is 29.7 Å². The van der Waals surface area contributed by atoms with Crippen molar-refractivity contribution < 1.29 is 27.5 Å². The highest BCUT2D eigenvalue weighted by Crippen LogP contribution is 2.36. The largest absolute Gasteiger partial charge is 0.504 e. The van der Waals surface area contributed by atoms with Gasteiger partial charge in [-0.1, -0.05) is 0 Å². The Morgan fingerprint density at radius 1 is 1.42 bits per heavy atom. The van der Waals surface area contributed by atoms with Crippen LogP contribution in [0.1, 0.15) is 21.9 Å². The van der Waals surface area contributed by atoms with Gasteiger partial charge in [-0.15, -0.1) is 13.2 Å². The highest BCUT2D eigenvalue weighted by Gasteiger charge is 2.35. The third-order valence-corrected chi connectivity index (χ3v) is 2.95. The summed E-state index contributed by atoms with van der Waals surface area (Å²) in [7, 11) is 0. The summed E-state index contributed by atoms with van der Waals surface area (Å²) in [5.41, 5.74) is 0.888. The molecule has 1 N–H and O–H groups in total. The molecule has 8 heteroatoms. The van der Waals surface area contributed by atoms with Crippen LogP contribution in [0.15, 0.2) is 16.7 Å². The molecule has 5 nitrogen and oxygen atoms in total. The summed E-state index contributed by atoms with van der Waals surface area (Å²) in [6.45, 7) is 0. The Balaban J connectivity index is 2.13. The fourth-order valence-electron chi connectivity index (χ4n) is 2.12. The average Bonchev–Trinajstić information content (AvgIpc) is 2.90. The van der Waals surface area contributed by atoms with Crippen LogP contribution in [0.2, 0.25) is 0 Å². The van der Waals surface area contributed by atoms with Gasteiger partial charge in [-0.05, 0) is 12.0 Å². The molecule has 0 bridgehead atoms. The number of carbonyl (C=O) groups is 1. The van der Waals surface area contributed by atoms with Crippen LogP contribution in [-0.4, -0.2) is 20.9 Å². The first-order chi connectivity index (χ1) is 8.86. The molecule has 0 radical (unpaired) electrons. The maximum Gasteiger partial charge on any atom is 0.504 e. The van der Waals surface area contributed by atoms with E-state index in [2.05, 4.69) is 5.10 Å². The van der Waals surface area contributed by atoms with Crippen LogP contribution in [0.25, 0.3) is 11.3 Å². The van der Waals surface area contributed by atoms with Crippen LogP contribution in [0, 0.1) is 0 Å². The average molecular weight is 272 g/mol. The fraction of sp³-hybridized carbons (Fsp3) is 0.273. The third kappa shape index (κ3) is 1.79. The van der Waals surface area contributed by atoms with E-state index in [1.165, 1.54) is 6.07 Å². The summed E-state index contributed by atoms with van der Waals surface area (Å²) in [5.74, 6) is -1.19. The minimum Gasteiger partial charge on any atom is -0.475 e. The number of aromatic nitrogens is 2. The van der Waals surface area contributed by atoms with Crippen LogP contribution in [0.3, 0.4) is 0 Å². The molecule has 1 aliphatic carbocycles. The Morgan fingerprint density at radius 3 is 2.79 bits per heavy atom. The lowest BCUT2D eigenvalue weighted by Crippen LogP contribution is -2.16. The second-order valence-electron chi connectivity index (χ2n) is 4.17. The Kier molecular flexibility index (Phi) is 2.25. The number of carboxylic acid groups (broad SMARTS) is 1. The zero-order valence-electron chi connectivity index (χ0n) is 9.36. The van der Waals surface area contributed by atoms with Gasteiger partial charge in [-0.2, -0.15) is 9.78 Å². The molecule has 0 aromatic carbocycles. The number of aryl methyl sites for hydroxylation is 2. The minimum absolute atomic E-state index is 0.0692. The molecule has 2 aromatic heterocycles. The Bertz CT molecular complexity index is 669. The molecular weight excluding hydrogens is 265 g/mol. The molecule has 0 saturated heterocycles. The second-order valence-corrected chi connectivity index (χ2v) is 4.17. The number of fused-ring (bicyclic) bond motifs is 3. The van der Waals surface area contributed by atoms with E-state index >= 15 is 0 Å². The number of alkyl halides is 3. The lowest BCUT2D eigenvalue weighted by Gasteiger charge is -2.07. The van der Waals surface area contributed by atoms with Gasteiger partial charge in [0.25, 0.3) is 0 Å². The van der Waals surface area contributed by atoms with Crippen LogP contribution in [0.4, 0.5) is 13.2 Å². The summed E-state index contributed by atoms with van der Waals surface area (Å²) in [5, 5.41) is 12.3. The highest BCUT2D eigenvalue weighted by molar-refractivity contribution is 5.87. The van der Waals surface area contributed by atoms with Crippen molar-refractivity contribution in [2.75, 3.05) is 0 Å². The third-order valence-electron chi connectivity index (χ3n) is 2.95. The number of rotatable bonds is 1. The molecule has 0 atom stereocenters. The van der Waals surface area contributed by atoms with Crippen molar-refractivity contribution in [2.45, 2.75) is 19.1 Å². The van der Waals surface area contributed by atoms with Gasteiger partial charge >= 0.3 is 12.3 Å². The molecule has 2 aromatic rings. The second kappa shape index (κ2) is 3.62. The number of nitrogens with zero attached hydrogens (tertiary/aromatic N) is 2. The van der Waals surface area contributed by atoms with Crippen molar-refractivity contribution in [2.24, 2.45) is 0 Å². The Hall–Kier alpha value is -2.25. The number of furan rings is 1. The summed E-state index contributed by atoms with van der Waals surface area (Å²) in [4.78, 5) is 10.8. The fourth-order valence-corrected chi connectivity index (χ4v) is 2.12. The maximum atomic E-state index is 12.6. The maximum absolute atomic E-state index is 12.6. The lowest BCUT2D eigenvalue weighted by molar-refractivity contribution is -0.212. The molecule has 0 spiro atoms. The van der Waals surface area contributed by atoms with Gasteiger partial charge in [0.05, 0.1) is 5.69 Å². The van der Waals surface area contributed by atoms with E-state index < -0.39 is 12.3 Å². The van der Waals surface area contributed by atoms with Crippen molar-refractivity contribution in [3.05, 3.63) is 29.3 Å². The minimum atomic E-state index is -4.59. The number of hydrogen-bond donors (Lipinski definition) is 1. The van der Waals surface area contributed by atoms with Gasteiger partial charge in [0.15, 0.2) is 0 Å². The molecule has 100 valence electrons. The zero-order valence-corrected chi connectivity index (χ0v) is 9.36. The SMILES string of the molecule is O=C(O)c1cc2c(o1)CCc1cn(C(F)(F)F)nc1-2. The Labute approximate surface area is 104 Å². The normalized spacial score (nSPS) is 14.1. The lowest BCUT2D eigenvalue weighted by atomic mass is 9.97. The van der Waals surface area contributed by atoms with E-state index in [4.69, 9.17) is 9.52 Å². The molecule has 0 saturated carbocycles. The monoisotopic (exact) mass is 272 g/mol. The van der Waals surface area contributed by atoms with E-state index in [0.717, 1.165) is 6.20 Å². The first kappa shape index (κ1) is 11.8. The topological polar surface area (TPSA) is 68.3 Å². The predicted octanol–water partition coefficient (Wildman–Crippen LogP) is 2.42. The van der Waals surface area contributed by atoms with Crippen LogP contribution >= 0.6 is 0 Å². The molecular formula is C11H7F3N2O3. The van der Waals surface area contributed by atoms with Gasteiger partial charge in [-0.25, -0.2) is 4.79 Å². The van der Waals surface area contributed by atoms with Crippen molar-refractivity contribution in [3.63, 3.8) is 0 Å². The van der Waals surface area contributed by atoms with E-state index in [-0.39, 0.29) is 16.1 Å². The van der Waals surface area contributed by atoms with Crippen LogP contribution in [0.5, 0.6) is 0 Å². The van der Waals surface area contributed by atoms with Crippen LogP contribution < -0.4 is 0 Å². The molecule has 0 amide bonds. The molecule has 0 unspecified atom stereocenters. The van der Waals surface area contributed by atoms with Gasteiger partial charge in [-0.3, -0.25) is 0 Å². The van der Waals surface area contributed by atoms with Gasteiger partial charge < -0.3 is 9.52 Å². The van der Waals surface area contributed by atoms with Gasteiger partial charge in [0.1, 0.15) is 5.76 Å². The van der Waals surface area contributed by atoms with Crippen molar-refractivity contribution in [3.8, 4) is 11.3 Å². The number of hydrogen-bond acceptors (Lipinski definition) is 3. The predicted molar refractivity (Wildman–Crippen MR) is 55.6 cm³/mol. The zero-order chi connectivity index (χ0) is 13.8. The smallest absolute Gasteiger partial charge is 0.475 e. The van der Waals surface area contributed by atoms with Crippen molar-refractivity contribution >= 4 is 5.97 Å². The Morgan fingerprint density at radius 2 is 2.16 bits per heavy atom. The first-order valence-corrected chi connectivity index (χ1v) is 5.38. The number of aromatic carboxylic acids is 1. The quantitative estimate of drug-likeness (QED) is 0.865. The summed E-state index contributed by atoms with van der Waals surface area (Å²) >= 11 is 0. The van der Waals surface area contributed by atoms with Crippen LogP contribution in [-0.2, 0) is 19.1 Å². The van der Waals surface area contributed by atoms with E-state index in [1.54, 1.807) is 0 Å². The molecule has 19 heavy (non-hydrogen) atoms. The summed E-state index contributed by atoms with van der Waals surface area (Å²) in [6, 6.07) is 1.21. The first-order valence-electron chi connectivity index (χ1n) is 5.38. The molecule has 0 fully saturated rings. The number of carboxylic acids is 1. The standard InChI is InChI=1S/C11H7F3N2O3/c12-11(13,14)16-4-5-1-2-7-6(9(5)15-16)3-8(19-7)10(17)18/h3-4H,1-2H2,(H,17,18). The molecule has 1 aliphatic rings. The van der Waals surface area contributed by atoms with Gasteiger partial charge in [0.2, 0.25) is 5.76 Å². The van der Waals surface area contributed by atoms with Gasteiger partial charge in [0, 0.05) is 24.2 Å². The molecule has 3 rings (SSSR count). The summed E-state index contributed by atoms with van der Waals surface area (Å²) < 4.78 is 42.7. The van der Waals surface area contributed by atoms with Crippen molar-refractivity contribution in [1.29, 1.82) is 0 Å². The van der Waals surface area contributed by atoms with E-state index in [1.807, 2.05) is 0 Å². The highest BCUT2D eigenvalue weighted by atomic mass is 19.4.